The number of nitrogens with two attached hydrogens (primary N) is 1. The number of Topliss-reactive ketones (excluding diaryl/α,β-unsaturated/α-hetero) is 1. The largest absolute Gasteiger partial charge is 0.461 e. The van der Waals surface area contributed by atoms with Crippen molar-refractivity contribution < 1.29 is 19.1 Å². The van der Waals surface area contributed by atoms with Crippen molar-refractivity contribution in [2.75, 3.05) is 19.7 Å². The molecule has 1 rings (SSSR count). The van der Waals surface area contributed by atoms with E-state index >= 15 is 0 Å². The highest BCUT2D eigenvalue weighted by Gasteiger charge is 2.29. The van der Waals surface area contributed by atoms with Crippen LogP contribution in [0.25, 0.3) is 0 Å². The fourth-order valence-electron chi connectivity index (χ4n) is 2.52. The summed E-state index contributed by atoms with van der Waals surface area (Å²) in [7, 11) is 0. The van der Waals surface area contributed by atoms with Gasteiger partial charge in [0.25, 0.3) is 0 Å². The Hall–Kier alpha value is -1.80. The number of amides is 1. The van der Waals surface area contributed by atoms with E-state index in [0.717, 1.165) is 17.8 Å². The molecule has 1 aromatic rings. The van der Waals surface area contributed by atoms with Gasteiger partial charge in [0.15, 0.2) is 16.5 Å². The molecule has 0 radical (unpaired) electrons. The molecule has 29 heavy (non-hydrogen) atoms. The summed E-state index contributed by atoms with van der Waals surface area (Å²) in [6, 6.07) is -0.251. The average molecular weight is 428 g/mol. The highest BCUT2D eigenvalue weighted by atomic mass is 32.1. The third-order valence-corrected chi connectivity index (χ3v) is 5.13. The Bertz CT molecular complexity index is 629. The van der Waals surface area contributed by atoms with Gasteiger partial charge in [0.1, 0.15) is 0 Å². The molecule has 0 aliphatic carbocycles. The minimum Gasteiger partial charge on any atom is -0.461 e. The van der Waals surface area contributed by atoms with E-state index in [0.29, 0.717) is 6.54 Å². The SMILES string of the molecule is CCCC.CCCN(C(=O)CN)C(CC(=O)c1nc(C(=O)OCC)cs1)C(C)C. The summed E-state index contributed by atoms with van der Waals surface area (Å²) in [5.74, 6) is -0.801. The Morgan fingerprint density at radius 2 is 1.76 bits per heavy atom. The van der Waals surface area contributed by atoms with E-state index in [1.54, 1.807) is 11.8 Å². The van der Waals surface area contributed by atoms with Crippen molar-refractivity contribution in [3.63, 3.8) is 0 Å². The van der Waals surface area contributed by atoms with Crippen LogP contribution < -0.4 is 5.73 Å². The number of hydrogen-bond acceptors (Lipinski definition) is 7. The highest BCUT2D eigenvalue weighted by Crippen LogP contribution is 2.20. The van der Waals surface area contributed by atoms with Gasteiger partial charge < -0.3 is 15.4 Å². The van der Waals surface area contributed by atoms with Crippen molar-refractivity contribution in [3.8, 4) is 0 Å². The number of hydrogen-bond donors (Lipinski definition) is 1. The Morgan fingerprint density at radius 1 is 1.14 bits per heavy atom. The maximum Gasteiger partial charge on any atom is 0.357 e. The van der Waals surface area contributed by atoms with Gasteiger partial charge in [-0.05, 0) is 19.3 Å². The lowest BCUT2D eigenvalue weighted by atomic mass is 9.96. The summed E-state index contributed by atoms with van der Waals surface area (Å²) < 4.78 is 4.88. The lowest BCUT2D eigenvalue weighted by Gasteiger charge is -2.33. The van der Waals surface area contributed by atoms with Gasteiger partial charge in [-0.1, -0.05) is 47.5 Å². The third-order valence-electron chi connectivity index (χ3n) is 4.25. The standard InChI is InChI=1S/C17H27N3O4S.C4H10/c1-5-7-20(15(22)9-18)13(11(3)4)8-14(21)16-19-12(10-25-16)17(23)24-6-2;1-3-4-2/h10-11,13H,5-9,18H2,1-4H3;3-4H2,1-2H3. The number of nitrogens with zero attached hydrogens (tertiary/aromatic N) is 2. The predicted molar refractivity (Wildman–Crippen MR) is 117 cm³/mol. The van der Waals surface area contributed by atoms with Crippen molar-refractivity contribution in [2.45, 2.75) is 73.3 Å². The topological polar surface area (TPSA) is 103 Å². The zero-order chi connectivity index (χ0) is 22.4. The molecule has 1 heterocycles. The normalized spacial score (nSPS) is 11.4. The van der Waals surface area contributed by atoms with Gasteiger partial charge in [-0.3, -0.25) is 9.59 Å². The zero-order valence-electron chi connectivity index (χ0n) is 18.7. The van der Waals surface area contributed by atoms with Crippen LogP contribution in [0.1, 0.15) is 87.5 Å². The molecule has 0 bridgehead atoms. The van der Waals surface area contributed by atoms with Crippen LogP contribution in [0.5, 0.6) is 0 Å². The molecule has 2 N–H and O–H groups in total. The lowest BCUT2D eigenvalue weighted by molar-refractivity contribution is -0.132. The number of thiazole rings is 1. The Labute approximate surface area is 179 Å². The molecule has 0 saturated heterocycles. The molecular formula is C21H37N3O4S. The number of rotatable bonds is 11. The average Bonchev–Trinajstić information content (AvgIpc) is 3.20. The molecule has 0 aliphatic heterocycles. The van der Waals surface area contributed by atoms with Gasteiger partial charge >= 0.3 is 5.97 Å². The molecular weight excluding hydrogens is 390 g/mol. The Kier molecular flexibility index (Phi) is 14.2. The predicted octanol–water partition coefficient (Wildman–Crippen LogP) is 3.92. The molecule has 1 atom stereocenters. The van der Waals surface area contributed by atoms with Gasteiger partial charge in [0.2, 0.25) is 5.91 Å². The first kappa shape index (κ1) is 27.2. The molecule has 0 saturated carbocycles. The molecule has 0 aliphatic rings. The van der Waals surface area contributed by atoms with Gasteiger partial charge in [-0.2, -0.15) is 0 Å². The van der Waals surface area contributed by atoms with E-state index in [4.69, 9.17) is 10.5 Å². The van der Waals surface area contributed by atoms with Gasteiger partial charge in [0, 0.05) is 24.4 Å². The van der Waals surface area contributed by atoms with Crippen molar-refractivity contribution in [1.82, 2.24) is 9.88 Å². The van der Waals surface area contributed by atoms with Crippen LogP contribution in [0.4, 0.5) is 0 Å². The third kappa shape index (κ3) is 9.49. The summed E-state index contributed by atoms with van der Waals surface area (Å²) >= 11 is 1.12. The maximum atomic E-state index is 12.6. The molecule has 1 unspecified atom stereocenters. The minimum atomic E-state index is -0.538. The molecule has 1 amide bonds. The molecule has 0 fully saturated rings. The number of aromatic nitrogens is 1. The quantitative estimate of drug-likeness (QED) is 0.424. The monoisotopic (exact) mass is 427 g/mol. The van der Waals surface area contributed by atoms with Crippen LogP contribution in [0.2, 0.25) is 0 Å². The smallest absolute Gasteiger partial charge is 0.357 e. The van der Waals surface area contributed by atoms with Crippen molar-refractivity contribution in [3.05, 3.63) is 16.1 Å². The maximum absolute atomic E-state index is 12.6. The van der Waals surface area contributed by atoms with E-state index < -0.39 is 5.97 Å². The number of carbonyl (C=O) groups is 3. The van der Waals surface area contributed by atoms with Crippen molar-refractivity contribution in [2.24, 2.45) is 11.7 Å². The van der Waals surface area contributed by atoms with E-state index in [1.165, 1.54) is 18.2 Å². The van der Waals surface area contributed by atoms with Crippen LogP contribution in [0.3, 0.4) is 0 Å². The molecule has 0 spiro atoms. The molecule has 8 heteroatoms. The van der Waals surface area contributed by atoms with Crippen LogP contribution in [0, 0.1) is 5.92 Å². The highest BCUT2D eigenvalue weighted by molar-refractivity contribution is 7.11. The number of ketones is 1. The molecule has 1 aromatic heterocycles. The van der Waals surface area contributed by atoms with Gasteiger partial charge in [-0.15, -0.1) is 11.3 Å². The Morgan fingerprint density at radius 3 is 2.21 bits per heavy atom. The first-order chi connectivity index (χ1) is 13.8. The van der Waals surface area contributed by atoms with E-state index in [1.807, 2.05) is 20.8 Å². The number of ether oxygens (including phenoxy) is 1. The number of unbranched alkanes of at least 4 members (excludes halogenated alkanes) is 1. The van der Waals surface area contributed by atoms with E-state index in [9.17, 15) is 14.4 Å². The van der Waals surface area contributed by atoms with Crippen LogP contribution in [0.15, 0.2) is 5.38 Å². The first-order valence-electron chi connectivity index (χ1n) is 10.4. The summed E-state index contributed by atoms with van der Waals surface area (Å²) in [6.07, 6.45) is 3.58. The number of esters is 1. The Balaban J connectivity index is 0.00000178. The lowest BCUT2D eigenvalue weighted by Crippen LogP contribution is -2.47. The minimum absolute atomic E-state index is 0.0817. The van der Waals surface area contributed by atoms with Gasteiger partial charge in [0.05, 0.1) is 13.2 Å². The first-order valence-corrected chi connectivity index (χ1v) is 11.3. The second-order valence-corrected chi connectivity index (χ2v) is 7.85. The summed E-state index contributed by atoms with van der Waals surface area (Å²) in [6.45, 7) is 12.7. The fourth-order valence-corrected chi connectivity index (χ4v) is 3.26. The second kappa shape index (κ2) is 15.1. The zero-order valence-corrected chi connectivity index (χ0v) is 19.5. The summed E-state index contributed by atoms with van der Waals surface area (Å²) in [5, 5.41) is 1.77. The van der Waals surface area contributed by atoms with Crippen molar-refractivity contribution >= 4 is 29.0 Å². The van der Waals surface area contributed by atoms with Crippen LogP contribution in [-0.2, 0) is 9.53 Å². The van der Waals surface area contributed by atoms with Gasteiger partial charge in [-0.25, -0.2) is 9.78 Å². The molecule has 0 aromatic carbocycles. The summed E-state index contributed by atoms with van der Waals surface area (Å²) in [5.41, 5.74) is 5.65. The fraction of sp³-hybridized carbons (Fsp3) is 0.714. The second-order valence-electron chi connectivity index (χ2n) is 6.99. The van der Waals surface area contributed by atoms with Crippen LogP contribution in [-0.4, -0.2) is 53.3 Å². The molecule has 7 nitrogen and oxygen atoms in total. The van der Waals surface area contributed by atoms with E-state index in [-0.39, 0.29) is 53.9 Å². The molecule has 166 valence electrons. The number of carbonyl (C=O) groups excluding carboxylic acids is 3. The van der Waals surface area contributed by atoms with Crippen LogP contribution >= 0.6 is 11.3 Å². The van der Waals surface area contributed by atoms with Crippen molar-refractivity contribution in [1.29, 1.82) is 0 Å². The van der Waals surface area contributed by atoms with E-state index in [2.05, 4.69) is 18.8 Å². The summed E-state index contributed by atoms with van der Waals surface area (Å²) in [4.78, 5) is 42.2.